The SMILES string of the molecule is CC(C)N(C(=O)CCCCCCCSc1cccc2c1CN(C1CCC(=O)NC1=O)C2=O)C(C)C. The van der Waals surface area contributed by atoms with E-state index in [1.807, 2.05) is 23.1 Å². The minimum Gasteiger partial charge on any atom is -0.338 e. The third-order valence-corrected chi connectivity index (χ3v) is 7.92. The molecule has 4 amide bonds. The highest BCUT2D eigenvalue weighted by atomic mass is 32.2. The number of carbonyl (C=O) groups excluding carboxylic acids is 4. The molecule has 8 heteroatoms. The van der Waals surface area contributed by atoms with Crippen LogP contribution in [0.1, 0.15) is 95.0 Å². The number of carbonyl (C=O) groups is 4. The third-order valence-electron chi connectivity index (χ3n) is 6.73. The van der Waals surface area contributed by atoms with Gasteiger partial charge in [-0.15, -0.1) is 11.8 Å². The number of fused-ring (bicyclic) bond motifs is 1. The molecule has 0 aromatic heterocycles. The standard InChI is InChI=1S/C27H39N3O4S/c1-18(2)30(19(3)4)25(32)13-8-6-5-7-9-16-35-23-12-10-11-20-21(23)17-29(27(20)34)22-14-15-24(31)28-26(22)33/h10-12,18-19,22H,5-9,13-17H2,1-4H3,(H,28,31,33). The number of amides is 4. The Hall–Kier alpha value is -2.35. The average Bonchev–Trinajstić information content (AvgIpc) is 3.12. The van der Waals surface area contributed by atoms with Crippen molar-refractivity contribution >= 4 is 35.4 Å². The lowest BCUT2D eigenvalue weighted by Gasteiger charge is -2.30. The Labute approximate surface area is 213 Å². The fourth-order valence-corrected chi connectivity index (χ4v) is 6.18. The molecule has 0 aliphatic carbocycles. The predicted octanol–water partition coefficient (Wildman–Crippen LogP) is 4.53. The molecule has 1 fully saturated rings. The predicted molar refractivity (Wildman–Crippen MR) is 138 cm³/mol. The Morgan fingerprint density at radius 3 is 2.43 bits per heavy atom. The van der Waals surface area contributed by atoms with Gasteiger partial charge in [0.25, 0.3) is 5.91 Å². The van der Waals surface area contributed by atoms with E-state index in [9.17, 15) is 19.2 Å². The zero-order chi connectivity index (χ0) is 25.5. The van der Waals surface area contributed by atoms with Crippen molar-refractivity contribution in [3.63, 3.8) is 0 Å². The number of rotatable bonds is 12. The van der Waals surface area contributed by atoms with E-state index < -0.39 is 6.04 Å². The quantitative estimate of drug-likeness (QED) is 0.258. The molecule has 1 aromatic rings. The maximum absolute atomic E-state index is 12.9. The second kappa shape index (κ2) is 12.6. The zero-order valence-corrected chi connectivity index (χ0v) is 22.3. The minimum atomic E-state index is -0.578. The number of benzene rings is 1. The maximum atomic E-state index is 12.9. The first-order valence-corrected chi connectivity index (χ1v) is 13.9. The van der Waals surface area contributed by atoms with Crippen molar-refractivity contribution in [2.75, 3.05) is 5.75 Å². The number of thioether (sulfide) groups is 1. The summed E-state index contributed by atoms with van der Waals surface area (Å²) in [5, 5.41) is 2.35. The molecule has 7 nitrogen and oxygen atoms in total. The van der Waals surface area contributed by atoms with E-state index in [1.165, 1.54) is 0 Å². The first-order chi connectivity index (χ1) is 16.7. The van der Waals surface area contributed by atoms with Crippen LogP contribution in [0.25, 0.3) is 0 Å². The van der Waals surface area contributed by atoms with E-state index in [-0.39, 0.29) is 42.1 Å². The summed E-state index contributed by atoms with van der Waals surface area (Å²) in [4.78, 5) is 53.8. The summed E-state index contributed by atoms with van der Waals surface area (Å²) >= 11 is 1.76. The highest BCUT2D eigenvalue weighted by Gasteiger charge is 2.39. The second-order valence-electron chi connectivity index (χ2n) is 10.0. The largest absolute Gasteiger partial charge is 0.338 e. The summed E-state index contributed by atoms with van der Waals surface area (Å²) in [7, 11) is 0. The summed E-state index contributed by atoms with van der Waals surface area (Å²) in [5.74, 6) is 0.450. The molecule has 3 rings (SSSR count). The molecule has 0 saturated carbocycles. The van der Waals surface area contributed by atoms with Crippen LogP contribution < -0.4 is 5.32 Å². The summed E-state index contributed by atoms with van der Waals surface area (Å²) in [6, 6.07) is 5.68. The first kappa shape index (κ1) is 27.2. The van der Waals surface area contributed by atoms with Gasteiger partial charge in [0.15, 0.2) is 0 Å². The van der Waals surface area contributed by atoms with Crippen LogP contribution in [0.2, 0.25) is 0 Å². The van der Waals surface area contributed by atoms with Crippen molar-refractivity contribution < 1.29 is 19.2 Å². The van der Waals surface area contributed by atoms with Crippen molar-refractivity contribution in [3.05, 3.63) is 29.3 Å². The van der Waals surface area contributed by atoms with Crippen molar-refractivity contribution in [2.45, 2.75) is 109 Å². The van der Waals surface area contributed by atoms with Gasteiger partial charge in [-0.1, -0.05) is 25.3 Å². The van der Waals surface area contributed by atoms with Crippen molar-refractivity contribution in [1.82, 2.24) is 15.1 Å². The molecule has 0 radical (unpaired) electrons. The molecule has 2 heterocycles. The molecule has 1 atom stereocenters. The van der Waals surface area contributed by atoms with Gasteiger partial charge in [-0.25, -0.2) is 0 Å². The monoisotopic (exact) mass is 501 g/mol. The number of imide groups is 1. The van der Waals surface area contributed by atoms with Crippen LogP contribution in [0.3, 0.4) is 0 Å². The van der Waals surface area contributed by atoms with E-state index >= 15 is 0 Å². The Bertz CT molecular complexity index is 938. The van der Waals surface area contributed by atoms with E-state index in [2.05, 4.69) is 33.0 Å². The summed E-state index contributed by atoms with van der Waals surface area (Å²) < 4.78 is 0. The Kier molecular flexibility index (Phi) is 9.78. The Morgan fingerprint density at radius 1 is 1.06 bits per heavy atom. The number of nitrogens with zero attached hydrogens (tertiary/aromatic N) is 2. The zero-order valence-electron chi connectivity index (χ0n) is 21.5. The van der Waals surface area contributed by atoms with Gasteiger partial charge in [0.1, 0.15) is 6.04 Å². The number of nitrogens with one attached hydrogen (secondary N) is 1. The molecule has 1 saturated heterocycles. The Balaban J connectivity index is 1.40. The van der Waals surface area contributed by atoms with Crippen LogP contribution in [0, 0.1) is 0 Å². The van der Waals surface area contributed by atoms with Crippen LogP contribution in [0.4, 0.5) is 0 Å². The summed E-state index contributed by atoms with van der Waals surface area (Å²) in [5.41, 5.74) is 1.66. The molecular formula is C27H39N3O4S. The van der Waals surface area contributed by atoms with Gasteiger partial charge in [-0.3, -0.25) is 24.5 Å². The topological polar surface area (TPSA) is 86.8 Å². The molecule has 0 spiro atoms. The van der Waals surface area contributed by atoms with Gasteiger partial charge in [0.05, 0.1) is 0 Å². The van der Waals surface area contributed by atoms with Crippen LogP contribution in [-0.2, 0) is 20.9 Å². The fourth-order valence-electron chi connectivity index (χ4n) is 5.08. The molecule has 35 heavy (non-hydrogen) atoms. The smallest absolute Gasteiger partial charge is 0.255 e. The molecule has 2 aliphatic rings. The molecule has 1 N–H and O–H groups in total. The van der Waals surface area contributed by atoms with E-state index in [0.717, 1.165) is 48.3 Å². The van der Waals surface area contributed by atoms with Crippen molar-refractivity contribution in [1.29, 1.82) is 0 Å². The highest BCUT2D eigenvalue weighted by Crippen LogP contribution is 2.34. The first-order valence-electron chi connectivity index (χ1n) is 12.9. The lowest BCUT2D eigenvalue weighted by molar-refractivity contribution is -0.137. The van der Waals surface area contributed by atoms with Gasteiger partial charge in [-0.05, 0) is 70.4 Å². The lowest BCUT2D eigenvalue weighted by Crippen LogP contribution is -2.52. The van der Waals surface area contributed by atoms with Gasteiger partial charge in [0.2, 0.25) is 17.7 Å². The van der Waals surface area contributed by atoms with E-state index in [1.54, 1.807) is 16.7 Å². The number of piperidine rings is 1. The number of unbranched alkanes of at least 4 members (excludes halogenated alkanes) is 4. The van der Waals surface area contributed by atoms with Gasteiger partial charge < -0.3 is 9.80 Å². The third kappa shape index (κ3) is 6.87. The highest BCUT2D eigenvalue weighted by molar-refractivity contribution is 7.99. The van der Waals surface area contributed by atoms with Crippen LogP contribution in [0.15, 0.2) is 23.1 Å². The van der Waals surface area contributed by atoms with Crippen LogP contribution in [-0.4, -0.2) is 57.3 Å². The number of hydrogen-bond acceptors (Lipinski definition) is 5. The van der Waals surface area contributed by atoms with Crippen molar-refractivity contribution in [3.8, 4) is 0 Å². The van der Waals surface area contributed by atoms with E-state index in [4.69, 9.17) is 0 Å². The molecule has 1 aromatic carbocycles. The molecule has 2 aliphatic heterocycles. The van der Waals surface area contributed by atoms with Crippen LogP contribution >= 0.6 is 11.8 Å². The molecule has 1 unspecified atom stereocenters. The lowest BCUT2D eigenvalue weighted by atomic mass is 10.0. The van der Waals surface area contributed by atoms with E-state index in [0.29, 0.717) is 24.9 Å². The molecular weight excluding hydrogens is 462 g/mol. The van der Waals surface area contributed by atoms with Gasteiger partial charge >= 0.3 is 0 Å². The van der Waals surface area contributed by atoms with Gasteiger partial charge in [-0.2, -0.15) is 0 Å². The number of hydrogen-bond donors (Lipinski definition) is 1. The van der Waals surface area contributed by atoms with Crippen molar-refractivity contribution in [2.24, 2.45) is 0 Å². The normalized spacial score (nSPS) is 17.8. The van der Waals surface area contributed by atoms with Crippen LogP contribution in [0.5, 0.6) is 0 Å². The minimum absolute atomic E-state index is 0.125. The fraction of sp³-hybridized carbons (Fsp3) is 0.630. The molecule has 0 bridgehead atoms. The summed E-state index contributed by atoms with van der Waals surface area (Å²) in [6.45, 7) is 8.70. The second-order valence-corrected chi connectivity index (χ2v) is 11.2. The summed E-state index contributed by atoms with van der Waals surface area (Å²) in [6.07, 6.45) is 6.59. The maximum Gasteiger partial charge on any atom is 0.255 e. The molecule has 192 valence electrons. The van der Waals surface area contributed by atoms with Gasteiger partial charge in [0, 0.05) is 41.9 Å². The Morgan fingerprint density at radius 2 is 1.74 bits per heavy atom. The average molecular weight is 502 g/mol.